The molecule has 0 aliphatic carbocycles. The number of urea groups is 1. The minimum absolute atomic E-state index is 0.0146. The van der Waals surface area contributed by atoms with E-state index in [0.29, 0.717) is 23.4 Å². The molecule has 3 N–H and O–H groups in total. The summed E-state index contributed by atoms with van der Waals surface area (Å²) in [7, 11) is 0. The zero-order valence-corrected chi connectivity index (χ0v) is 14.0. The van der Waals surface area contributed by atoms with Gasteiger partial charge in [-0.2, -0.15) is 0 Å². The van der Waals surface area contributed by atoms with Crippen LogP contribution < -0.4 is 10.1 Å². The van der Waals surface area contributed by atoms with E-state index in [1.807, 2.05) is 13.8 Å². The van der Waals surface area contributed by atoms with Gasteiger partial charge in [-0.3, -0.25) is 4.79 Å². The minimum atomic E-state index is -0.492. The molecule has 0 saturated carbocycles. The van der Waals surface area contributed by atoms with Crippen LogP contribution in [-0.4, -0.2) is 58.8 Å². The second-order valence-electron chi connectivity index (χ2n) is 6.08. The molecule has 1 aromatic carbocycles. The predicted octanol–water partition coefficient (Wildman–Crippen LogP) is 1.64. The van der Waals surface area contributed by atoms with E-state index < -0.39 is 11.6 Å². The van der Waals surface area contributed by atoms with Gasteiger partial charge in [-0.1, -0.05) is 6.92 Å². The maximum absolute atomic E-state index is 12.4. The van der Waals surface area contributed by atoms with Gasteiger partial charge in [-0.15, -0.1) is 0 Å². The lowest BCUT2D eigenvalue weighted by Crippen LogP contribution is -2.39. The summed E-state index contributed by atoms with van der Waals surface area (Å²) in [4.78, 5) is 25.8. The SMILES string of the molecule is CCC1(C)CC(=O)c2cc(NC(=O)N(CCO)CCO)ccc2O1. The highest BCUT2D eigenvalue weighted by Crippen LogP contribution is 2.36. The number of anilines is 1. The normalized spacial score (nSPS) is 19.4. The Kier molecular flexibility index (Phi) is 5.80. The number of carbonyl (C=O) groups is 2. The first-order valence-electron chi connectivity index (χ1n) is 8.06. The average Bonchev–Trinajstić information content (AvgIpc) is 2.55. The minimum Gasteiger partial charge on any atom is -0.486 e. The van der Waals surface area contributed by atoms with Crippen molar-refractivity contribution in [3.05, 3.63) is 23.8 Å². The Morgan fingerprint density at radius 3 is 2.58 bits per heavy atom. The number of ether oxygens (including phenoxy) is 1. The molecule has 0 fully saturated rings. The lowest BCUT2D eigenvalue weighted by Gasteiger charge is -2.34. The molecule has 1 aliphatic heterocycles. The molecule has 1 atom stereocenters. The van der Waals surface area contributed by atoms with Crippen molar-refractivity contribution < 1.29 is 24.5 Å². The second-order valence-corrected chi connectivity index (χ2v) is 6.08. The van der Waals surface area contributed by atoms with Gasteiger partial charge in [0.1, 0.15) is 11.4 Å². The smallest absolute Gasteiger partial charge is 0.321 e. The first kappa shape index (κ1) is 18.2. The molecule has 24 heavy (non-hydrogen) atoms. The lowest BCUT2D eigenvalue weighted by molar-refractivity contribution is 0.0499. The van der Waals surface area contributed by atoms with Gasteiger partial charge in [0, 0.05) is 18.8 Å². The third kappa shape index (κ3) is 4.04. The highest BCUT2D eigenvalue weighted by molar-refractivity contribution is 6.02. The van der Waals surface area contributed by atoms with Gasteiger partial charge in [-0.05, 0) is 31.5 Å². The van der Waals surface area contributed by atoms with E-state index in [4.69, 9.17) is 14.9 Å². The number of fused-ring (bicyclic) bond motifs is 1. The van der Waals surface area contributed by atoms with Gasteiger partial charge in [0.15, 0.2) is 5.78 Å². The van der Waals surface area contributed by atoms with Crippen molar-refractivity contribution in [3.8, 4) is 5.75 Å². The summed E-state index contributed by atoms with van der Waals surface area (Å²) in [5.74, 6) is 0.510. The van der Waals surface area contributed by atoms with E-state index in [1.54, 1.807) is 18.2 Å². The lowest BCUT2D eigenvalue weighted by atomic mass is 9.89. The summed E-state index contributed by atoms with van der Waals surface area (Å²) >= 11 is 0. The maximum Gasteiger partial charge on any atom is 0.321 e. The van der Waals surface area contributed by atoms with Crippen molar-refractivity contribution >= 4 is 17.5 Å². The molecule has 7 nitrogen and oxygen atoms in total. The molecule has 7 heteroatoms. The van der Waals surface area contributed by atoms with Crippen LogP contribution in [0.1, 0.15) is 37.0 Å². The molecule has 132 valence electrons. The molecular formula is C17H24N2O5. The van der Waals surface area contributed by atoms with Crippen molar-refractivity contribution in [3.63, 3.8) is 0 Å². The van der Waals surface area contributed by atoms with E-state index in [0.717, 1.165) is 6.42 Å². The molecule has 0 saturated heterocycles. The van der Waals surface area contributed by atoms with Gasteiger partial charge < -0.3 is 25.2 Å². The summed E-state index contributed by atoms with van der Waals surface area (Å²) < 4.78 is 5.91. The quantitative estimate of drug-likeness (QED) is 0.733. The van der Waals surface area contributed by atoms with Crippen molar-refractivity contribution in [1.29, 1.82) is 0 Å². The molecule has 1 aliphatic rings. The van der Waals surface area contributed by atoms with Crippen LogP contribution in [0.25, 0.3) is 0 Å². The largest absolute Gasteiger partial charge is 0.486 e. The Morgan fingerprint density at radius 1 is 1.33 bits per heavy atom. The Balaban J connectivity index is 2.16. The number of nitrogens with zero attached hydrogens (tertiary/aromatic N) is 1. The van der Waals surface area contributed by atoms with Crippen molar-refractivity contribution in [2.24, 2.45) is 0 Å². The van der Waals surface area contributed by atoms with E-state index >= 15 is 0 Å². The number of hydrogen-bond donors (Lipinski definition) is 3. The van der Waals surface area contributed by atoms with Crippen LogP contribution in [0.5, 0.6) is 5.75 Å². The Labute approximate surface area is 141 Å². The molecule has 2 rings (SSSR count). The first-order valence-corrected chi connectivity index (χ1v) is 8.06. The van der Waals surface area contributed by atoms with E-state index in [1.165, 1.54) is 4.90 Å². The summed E-state index contributed by atoms with van der Waals surface area (Å²) in [5.41, 5.74) is 0.430. The average molecular weight is 336 g/mol. The first-order chi connectivity index (χ1) is 11.4. The summed E-state index contributed by atoms with van der Waals surface area (Å²) in [6.07, 6.45) is 1.03. The van der Waals surface area contributed by atoms with E-state index in [9.17, 15) is 9.59 Å². The number of hydrogen-bond acceptors (Lipinski definition) is 5. The fourth-order valence-corrected chi connectivity index (χ4v) is 2.61. The molecule has 1 unspecified atom stereocenters. The van der Waals surface area contributed by atoms with Gasteiger partial charge in [0.05, 0.1) is 25.2 Å². The molecule has 1 aromatic rings. The van der Waals surface area contributed by atoms with Gasteiger partial charge >= 0.3 is 6.03 Å². The number of rotatable bonds is 6. The molecule has 2 amide bonds. The highest BCUT2D eigenvalue weighted by atomic mass is 16.5. The summed E-state index contributed by atoms with van der Waals surface area (Å²) in [5, 5.41) is 20.6. The Morgan fingerprint density at radius 2 is 2.00 bits per heavy atom. The Bertz CT molecular complexity index is 613. The third-order valence-electron chi connectivity index (χ3n) is 4.20. The number of amides is 2. The van der Waals surface area contributed by atoms with Crippen LogP contribution in [0.4, 0.5) is 10.5 Å². The summed E-state index contributed by atoms with van der Waals surface area (Å²) in [6.45, 7) is 3.73. The highest BCUT2D eigenvalue weighted by Gasteiger charge is 2.35. The molecule has 0 bridgehead atoms. The third-order valence-corrected chi connectivity index (χ3v) is 4.20. The monoisotopic (exact) mass is 336 g/mol. The fraction of sp³-hybridized carbons (Fsp3) is 0.529. The van der Waals surface area contributed by atoms with Crippen molar-refractivity contribution in [2.75, 3.05) is 31.6 Å². The number of ketones is 1. The number of nitrogens with one attached hydrogen (secondary N) is 1. The summed E-state index contributed by atoms with van der Waals surface area (Å²) in [6, 6.07) is 4.50. The van der Waals surface area contributed by atoms with Crippen LogP contribution in [0.15, 0.2) is 18.2 Å². The standard InChI is InChI=1S/C17H24N2O5/c1-3-17(2)11-14(22)13-10-12(4-5-15(13)24-17)18-16(23)19(6-8-20)7-9-21/h4-5,10,20-21H,3,6-9,11H2,1-2H3,(H,18,23). The number of benzene rings is 1. The predicted molar refractivity (Wildman–Crippen MR) is 89.5 cm³/mol. The fourth-order valence-electron chi connectivity index (χ4n) is 2.61. The number of carbonyl (C=O) groups excluding carboxylic acids is 2. The van der Waals surface area contributed by atoms with E-state index in [2.05, 4.69) is 5.32 Å². The number of Topliss-reactive ketones (excluding diaryl/α,β-unsaturated/α-hetero) is 1. The maximum atomic E-state index is 12.4. The van der Waals surface area contributed by atoms with Crippen molar-refractivity contribution in [1.82, 2.24) is 4.90 Å². The van der Waals surface area contributed by atoms with Crippen LogP contribution in [0.3, 0.4) is 0 Å². The molecule has 0 spiro atoms. The molecular weight excluding hydrogens is 312 g/mol. The van der Waals surface area contributed by atoms with Crippen LogP contribution in [0, 0.1) is 0 Å². The second kappa shape index (κ2) is 7.63. The van der Waals surface area contributed by atoms with Crippen LogP contribution in [0.2, 0.25) is 0 Å². The number of aliphatic hydroxyl groups is 2. The van der Waals surface area contributed by atoms with E-state index in [-0.39, 0.29) is 32.1 Å². The topological polar surface area (TPSA) is 99.1 Å². The zero-order valence-electron chi connectivity index (χ0n) is 14.0. The zero-order chi connectivity index (χ0) is 17.7. The van der Waals surface area contributed by atoms with Gasteiger partial charge in [0.25, 0.3) is 0 Å². The molecule has 0 radical (unpaired) electrons. The van der Waals surface area contributed by atoms with Gasteiger partial charge in [0.2, 0.25) is 0 Å². The number of aliphatic hydroxyl groups excluding tert-OH is 2. The Hall–Kier alpha value is -2.12. The van der Waals surface area contributed by atoms with Crippen LogP contribution in [-0.2, 0) is 0 Å². The van der Waals surface area contributed by atoms with Crippen molar-refractivity contribution in [2.45, 2.75) is 32.3 Å². The molecule has 1 heterocycles. The molecule has 0 aromatic heterocycles. The van der Waals surface area contributed by atoms with Crippen LogP contribution >= 0.6 is 0 Å². The van der Waals surface area contributed by atoms with Gasteiger partial charge in [-0.25, -0.2) is 4.79 Å².